The van der Waals surface area contributed by atoms with Crippen molar-refractivity contribution in [1.82, 2.24) is 0 Å². The van der Waals surface area contributed by atoms with Gasteiger partial charge in [-0.15, -0.1) is 0 Å². The lowest BCUT2D eigenvalue weighted by Crippen LogP contribution is -1.76. The van der Waals surface area contributed by atoms with Gasteiger partial charge in [0.25, 0.3) is 0 Å². The molecule has 2 rings (SSSR count). The highest BCUT2D eigenvalue weighted by Crippen LogP contribution is 2.19. The molecule has 0 amide bonds. The number of rotatable bonds is 2. The first-order valence-corrected chi connectivity index (χ1v) is 10.4. The van der Waals surface area contributed by atoms with E-state index >= 15 is 0 Å². The van der Waals surface area contributed by atoms with E-state index in [4.69, 9.17) is 0 Å². The highest BCUT2D eigenvalue weighted by molar-refractivity contribution is 14.1. The summed E-state index contributed by atoms with van der Waals surface area (Å²) in [6.07, 6.45) is 19.8. The average Bonchev–Trinajstić information content (AvgIpc) is 2.66. The fraction of sp³-hybridized carbons (Fsp3) is 0. The van der Waals surface area contributed by atoms with Gasteiger partial charge in [0.2, 0.25) is 0 Å². The Bertz CT molecular complexity index is 940. The second kappa shape index (κ2) is 13.2. The molecule has 0 spiro atoms. The van der Waals surface area contributed by atoms with Gasteiger partial charge in [-0.1, -0.05) is 85.0 Å². The third-order valence-electron chi connectivity index (χ3n) is 3.16. The first kappa shape index (κ1) is 21.3. The molecule has 2 nitrogen and oxygen atoms in total. The van der Waals surface area contributed by atoms with Crippen LogP contribution in [-0.2, 0) is 0 Å². The molecule has 0 saturated heterocycles. The maximum Gasteiger partial charge on any atom is 0.101 e. The largest absolute Gasteiger partial charge is 0.186 e. The smallest absolute Gasteiger partial charge is 0.101 e. The third-order valence-corrected chi connectivity index (χ3v) is 4.98. The minimum absolute atomic E-state index is 0.802. The van der Waals surface area contributed by atoms with E-state index in [1.54, 1.807) is 0 Å². The number of hydrogen-bond acceptors (Lipinski definition) is 2. The molecule has 134 valence electrons. The van der Waals surface area contributed by atoms with Crippen LogP contribution in [0.5, 0.6) is 0 Å². The summed E-state index contributed by atoms with van der Waals surface area (Å²) in [7, 11) is 0. The summed E-state index contributed by atoms with van der Waals surface area (Å²) in [4.78, 5) is 8.85. The van der Waals surface area contributed by atoms with Crippen molar-refractivity contribution in [2.45, 2.75) is 0 Å². The molecule has 1 aromatic carbocycles. The van der Waals surface area contributed by atoms with Gasteiger partial charge in [0.15, 0.2) is 0 Å². The lowest BCUT2D eigenvalue weighted by atomic mass is 10.3. The minimum atomic E-state index is 0.802. The van der Waals surface area contributed by atoms with Gasteiger partial charge in [0.1, 0.15) is 6.01 Å². The van der Waals surface area contributed by atoms with Gasteiger partial charge in [-0.3, -0.25) is 0 Å². The second-order valence-corrected chi connectivity index (χ2v) is 7.48. The summed E-state index contributed by atoms with van der Waals surface area (Å²) in [6.45, 7) is 0. The fourth-order valence-corrected chi connectivity index (χ4v) is 2.88. The molecule has 0 atom stereocenters. The Hall–Kier alpha value is -2.02. The molecule has 0 N–H and O–H groups in total. The summed E-state index contributed by atoms with van der Waals surface area (Å²) in [5, 5.41) is 0. The van der Waals surface area contributed by atoms with E-state index in [0.717, 1.165) is 18.5 Å². The zero-order valence-corrected chi connectivity index (χ0v) is 18.9. The van der Waals surface area contributed by atoms with Crippen LogP contribution in [0.4, 0.5) is 5.69 Å². The summed E-state index contributed by atoms with van der Waals surface area (Å²) >= 11 is 4.53. The van der Waals surface area contributed by atoms with Gasteiger partial charge in [-0.2, -0.15) is 9.98 Å². The topological polar surface area (TPSA) is 24.7 Å². The van der Waals surface area contributed by atoms with Crippen LogP contribution >= 0.6 is 45.2 Å². The number of nitrogens with zero attached hydrogens (tertiary/aromatic N) is 2. The first-order valence-electron chi connectivity index (χ1n) is 8.26. The number of allylic oxidation sites excluding steroid dienone is 11. The predicted molar refractivity (Wildman–Crippen MR) is 133 cm³/mol. The Kier molecular flexibility index (Phi) is 10.4. The molecule has 27 heavy (non-hydrogen) atoms. The Labute approximate surface area is 187 Å². The number of aliphatic imine (C=N–C) groups is 2. The standard InChI is InChI=1S/C23H18I2N2/c24-20-15-11-7-3-1-2-4-9-13-17-22(20)26-19-27-23-18-14-10-6-5-8-12-16-21(23)25/h1-18H/b2-1-,3-1?,4-2?,6-5?,7-3-,8-5?,9-4-,10-6?,11-7?,12-8?,13-9?,14-10?,15-11-,16-12?,17-13-,18-14?,20-15?,21-16?,22-17?,22-20-,23-18?,23-21?. The van der Waals surface area contributed by atoms with Crippen molar-refractivity contribution in [2.24, 2.45) is 9.98 Å². The van der Waals surface area contributed by atoms with Crippen molar-refractivity contribution in [3.8, 4) is 0 Å². The Balaban J connectivity index is 2.40. The predicted octanol–water partition coefficient (Wildman–Crippen LogP) is 7.66. The molecule has 0 saturated carbocycles. The first-order chi connectivity index (χ1) is 13.3. The monoisotopic (exact) mass is 576 g/mol. The van der Waals surface area contributed by atoms with Crippen LogP contribution in [0.1, 0.15) is 0 Å². The Morgan fingerprint density at radius 3 is 1.85 bits per heavy atom. The van der Waals surface area contributed by atoms with Crippen LogP contribution < -0.4 is 0 Å². The number of halogens is 2. The van der Waals surface area contributed by atoms with Crippen LogP contribution in [0.15, 0.2) is 129 Å². The molecule has 0 aliphatic heterocycles. The quantitative estimate of drug-likeness (QED) is 0.255. The van der Waals surface area contributed by atoms with Crippen molar-refractivity contribution in [3.63, 3.8) is 0 Å². The Morgan fingerprint density at radius 1 is 0.593 bits per heavy atom. The van der Waals surface area contributed by atoms with Crippen molar-refractivity contribution in [1.29, 1.82) is 0 Å². The average molecular weight is 576 g/mol. The van der Waals surface area contributed by atoms with E-state index in [0.29, 0.717) is 0 Å². The van der Waals surface area contributed by atoms with E-state index in [1.165, 1.54) is 0 Å². The summed E-state index contributed by atoms with van der Waals surface area (Å²) in [6, 6.07) is 18.6. The summed E-state index contributed by atoms with van der Waals surface area (Å²) < 4.78 is 2.02. The van der Waals surface area contributed by atoms with Crippen LogP contribution in [0.3, 0.4) is 0 Å². The second-order valence-electron chi connectivity index (χ2n) is 5.15. The number of hydrogen-bond donors (Lipinski definition) is 0. The van der Waals surface area contributed by atoms with E-state index in [-0.39, 0.29) is 0 Å². The van der Waals surface area contributed by atoms with E-state index < -0.39 is 0 Å². The molecular formula is C23H18I2N2. The van der Waals surface area contributed by atoms with Crippen molar-refractivity contribution >= 4 is 56.9 Å². The summed E-state index contributed by atoms with van der Waals surface area (Å²) in [5.41, 5.74) is 1.61. The maximum atomic E-state index is 4.43. The van der Waals surface area contributed by atoms with Crippen LogP contribution in [0.2, 0.25) is 0 Å². The molecule has 0 aromatic heterocycles. The molecule has 0 unspecified atom stereocenters. The lowest BCUT2D eigenvalue weighted by molar-refractivity contribution is 1.40. The van der Waals surface area contributed by atoms with Gasteiger partial charge in [0.05, 0.1) is 11.4 Å². The zero-order chi connectivity index (χ0) is 19.2. The van der Waals surface area contributed by atoms with Gasteiger partial charge in [-0.05, 0) is 69.5 Å². The zero-order valence-electron chi connectivity index (χ0n) is 14.5. The molecule has 1 aromatic rings. The molecule has 1 aliphatic rings. The summed E-state index contributed by atoms with van der Waals surface area (Å²) in [5.74, 6) is 0. The highest BCUT2D eigenvalue weighted by Gasteiger charge is 1.95. The van der Waals surface area contributed by atoms with Crippen LogP contribution in [-0.4, -0.2) is 6.01 Å². The van der Waals surface area contributed by atoms with Gasteiger partial charge in [-0.25, -0.2) is 0 Å². The Morgan fingerprint density at radius 2 is 1.15 bits per heavy atom. The SMILES string of the molecule is IC1=C(N=C=Nc2ccccccccc2I)/C=C\C=C/C=C\C=C/C=C\1. The van der Waals surface area contributed by atoms with Crippen molar-refractivity contribution in [3.05, 3.63) is 122 Å². The highest BCUT2D eigenvalue weighted by atomic mass is 127. The fourth-order valence-electron chi connectivity index (χ4n) is 1.86. The van der Waals surface area contributed by atoms with Crippen molar-refractivity contribution < 1.29 is 0 Å². The molecule has 1 aliphatic carbocycles. The third kappa shape index (κ3) is 8.95. The van der Waals surface area contributed by atoms with E-state index in [1.807, 2.05) is 109 Å². The van der Waals surface area contributed by atoms with Gasteiger partial charge >= 0.3 is 0 Å². The van der Waals surface area contributed by atoms with Crippen LogP contribution in [0, 0.1) is 3.57 Å². The van der Waals surface area contributed by atoms with Gasteiger partial charge in [0, 0.05) is 7.15 Å². The lowest BCUT2D eigenvalue weighted by Gasteiger charge is -1.95. The van der Waals surface area contributed by atoms with Crippen molar-refractivity contribution in [2.75, 3.05) is 0 Å². The molecule has 0 fully saturated rings. The van der Waals surface area contributed by atoms with Crippen LogP contribution in [0.25, 0.3) is 0 Å². The molecule has 4 heteroatoms. The van der Waals surface area contributed by atoms with E-state index in [9.17, 15) is 0 Å². The molecule has 0 radical (unpaired) electrons. The maximum absolute atomic E-state index is 4.43. The minimum Gasteiger partial charge on any atom is -0.186 e. The van der Waals surface area contributed by atoms with E-state index in [2.05, 4.69) is 61.2 Å². The molecular weight excluding hydrogens is 558 g/mol. The molecule has 0 bridgehead atoms. The normalized spacial score (nSPS) is 21.9. The van der Waals surface area contributed by atoms with Gasteiger partial charge < -0.3 is 0 Å². The molecule has 0 heterocycles.